The molecule has 1 aliphatic carbocycles. The number of thiazole rings is 1. The van der Waals surface area contributed by atoms with Crippen molar-refractivity contribution in [3.63, 3.8) is 0 Å². The first kappa shape index (κ1) is 15.7. The summed E-state index contributed by atoms with van der Waals surface area (Å²) >= 11 is 1.44. The third-order valence-corrected chi connectivity index (χ3v) is 4.73. The molecular formula is C17H19N3O2S. The molecule has 2 N–H and O–H groups in total. The molecule has 5 nitrogen and oxygen atoms in total. The van der Waals surface area contributed by atoms with Crippen LogP contribution in [-0.2, 0) is 16.1 Å². The van der Waals surface area contributed by atoms with Crippen molar-refractivity contribution in [2.45, 2.75) is 26.8 Å². The summed E-state index contributed by atoms with van der Waals surface area (Å²) in [6.45, 7) is 4.11. The number of carbonyl (C=O) groups is 2. The van der Waals surface area contributed by atoms with Crippen molar-refractivity contribution >= 4 is 28.3 Å². The van der Waals surface area contributed by atoms with Gasteiger partial charge in [-0.1, -0.05) is 31.2 Å². The molecule has 120 valence electrons. The molecule has 1 heterocycles. The minimum atomic E-state index is -0.0426. The van der Waals surface area contributed by atoms with Crippen LogP contribution in [0.4, 0.5) is 5.13 Å². The first-order chi connectivity index (χ1) is 11.0. The van der Waals surface area contributed by atoms with Crippen LogP contribution in [0.2, 0.25) is 0 Å². The van der Waals surface area contributed by atoms with E-state index < -0.39 is 0 Å². The zero-order valence-electron chi connectivity index (χ0n) is 13.1. The summed E-state index contributed by atoms with van der Waals surface area (Å²) < 4.78 is 0. The third-order valence-electron chi connectivity index (χ3n) is 3.97. The molecule has 1 saturated carbocycles. The summed E-state index contributed by atoms with van der Waals surface area (Å²) in [5.41, 5.74) is 2.88. The van der Waals surface area contributed by atoms with Crippen molar-refractivity contribution in [2.75, 3.05) is 5.32 Å². The Morgan fingerprint density at radius 3 is 2.61 bits per heavy atom. The largest absolute Gasteiger partial charge is 0.352 e. The third kappa shape index (κ3) is 3.96. The summed E-state index contributed by atoms with van der Waals surface area (Å²) in [5, 5.41) is 8.24. The van der Waals surface area contributed by atoms with E-state index in [1.807, 2.05) is 29.6 Å². The number of hydrogen-bond acceptors (Lipinski definition) is 4. The number of aromatic nitrogens is 1. The topological polar surface area (TPSA) is 71.1 Å². The Morgan fingerprint density at radius 2 is 2.00 bits per heavy atom. The van der Waals surface area contributed by atoms with E-state index in [2.05, 4.69) is 22.5 Å². The van der Waals surface area contributed by atoms with Gasteiger partial charge in [-0.25, -0.2) is 4.98 Å². The lowest BCUT2D eigenvalue weighted by atomic mass is 10.1. The van der Waals surface area contributed by atoms with E-state index in [4.69, 9.17) is 0 Å². The zero-order chi connectivity index (χ0) is 16.4. The van der Waals surface area contributed by atoms with Gasteiger partial charge < -0.3 is 10.6 Å². The van der Waals surface area contributed by atoms with Crippen LogP contribution in [0.5, 0.6) is 0 Å². The van der Waals surface area contributed by atoms with Gasteiger partial charge in [0.05, 0.1) is 5.69 Å². The Labute approximate surface area is 139 Å². The van der Waals surface area contributed by atoms with Crippen LogP contribution in [0.1, 0.15) is 25.8 Å². The molecule has 2 amide bonds. The molecular weight excluding hydrogens is 310 g/mol. The monoisotopic (exact) mass is 329 g/mol. The molecule has 1 aliphatic rings. The molecule has 0 saturated heterocycles. The zero-order valence-corrected chi connectivity index (χ0v) is 13.9. The summed E-state index contributed by atoms with van der Waals surface area (Å²) in [6.07, 6.45) is 0.972. The summed E-state index contributed by atoms with van der Waals surface area (Å²) in [5.74, 6) is 0.670. The van der Waals surface area contributed by atoms with Crippen LogP contribution in [0.3, 0.4) is 0 Å². The molecule has 2 unspecified atom stereocenters. The van der Waals surface area contributed by atoms with E-state index in [9.17, 15) is 9.59 Å². The highest BCUT2D eigenvalue weighted by atomic mass is 32.1. The van der Waals surface area contributed by atoms with E-state index in [1.165, 1.54) is 18.3 Å². The molecule has 0 spiro atoms. The van der Waals surface area contributed by atoms with E-state index in [0.29, 0.717) is 17.6 Å². The van der Waals surface area contributed by atoms with Gasteiger partial charge in [0.15, 0.2) is 5.13 Å². The number of carbonyl (C=O) groups excluding carboxylic acids is 2. The fourth-order valence-electron chi connectivity index (χ4n) is 2.37. The van der Waals surface area contributed by atoms with E-state index in [0.717, 1.165) is 23.2 Å². The van der Waals surface area contributed by atoms with Gasteiger partial charge in [-0.15, -0.1) is 11.3 Å². The Morgan fingerprint density at radius 1 is 1.30 bits per heavy atom. The fraction of sp³-hybridized carbons (Fsp3) is 0.353. The molecule has 0 bridgehead atoms. The number of benzene rings is 1. The molecule has 1 aromatic carbocycles. The Kier molecular flexibility index (Phi) is 4.43. The minimum Gasteiger partial charge on any atom is -0.352 e. The van der Waals surface area contributed by atoms with Crippen molar-refractivity contribution in [1.82, 2.24) is 10.3 Å². The number of amides is 2. The number of rotatable bonds is 5. The van der Waals surface area contributed by atoms with Gasteiger partial charge in [-0.3, -0.25) is 9.59 Å². The van der Waals surface area contributed by atoms with Gasteiger partial charge in [-0.2, -0.15) is 0 Å². The highest BCUT2D eigenvalue weighted by Crippen LogP contribution is 2.38. The van der Waals surface area contributed by atoms with E-state index >= 15 is 0 Å². The van der Waals surface area contributed by atoms with Gasteiger partial charge >= 0.3 is 0 Å². The molecule has 1 fully saturated rings. The lowest BCUT2D eigenvalue weighted by Gasteiger charge is -2.03. The molecule has 2 atom stereocenters. The van der Waals surface area contributed by atoms with Crippen LogP contribution in [-0.4, -0.2) is 16.8 Å². The lowest BCUT2D eigenvalue weighted by molar-refractivity contribution is -0.119. The van der Waals surface area contributed by atoms with Gasteiger partial charge in [0.25, 0.3) is 0 Å². The maximum Gasteiger partial charge on any atom is 0.229 e. The standard InChI is InChI=1S/C17H19N3O2S/c1-10-7-14(10)16(22)20-17-19-15(9-23-17)13-5-3-12(4-6-13)8-18-11(2)21/h3-6,9-10,14H,7-8H2,1-2H3,(H,18,21)(H,19,20,22). The second kappa shape index (κ2) is 6.50. The number of nitrogens with zero attached hydrogens (tertiary/aromatic N) is 1. The van der Waals surface area contributed by atoms with Crippen LogP contribution >= 0.6 is 11.3 Å². The Balaban J connectivity index is 1.63. The summed E-state index contributed by atoms with van der Waals surface area (Å²) in [4.78, 5) is 27.3. The number of hydrogen-bond donors (Lipinski definition) is 2. The number of nitrogens with one attached hydrogen (secondary N) is 2. The second-order valence-corrected chi connectivity index (χ2v) is 6.81. The predicted molar refractivity (Wildman–Crippen MR) is 91.0 cm³/mol. The molecule has 0 aliphatic heterocycles. The fourth-order valence-corrected chi connectivity index (χ4v) is 3.09. The Hall–Kier alpha value is -2.21. The first-order valence-corrected chi connectivity index (χ1v) is 8.51. The average molecular weight is 329 g/mol. The van der Waals surface area contributed by atoms with Crippen LogP contribution in [0.15, 0.2) is 29.6 Å². The first-order valence-electron chi connectivity index (χ1n) is 7.63. The molecule has 0 radical (unpaired) electrons. The van der Waals surface area contributed by atoms with Crippen molar-refractivity contribution in [3.05, 3.63) is 35.2 Å². The van der Waals surface area contributed by atoms with Crippen LogP contribution in [0, 0.1) is 11.8 Å². The van der Waals surface area contributed by atoms with Crippen molar-refractivity contribution in [1.29, 1.82) is 0 Å². The van der Waals surface area contributed by atoms with E-state index in [1.54, 1.807) is 0 Å². The molecule has 23 heavy (non-hydrogen) atoms. The molecule has 3 rings (SSSR count). The minimum absolute atomic E-state index is 0.0426. The summed E-state index contributed by atoms with van der Waals surface area (Å²) in [6, 6.07) is 7.88. The van der Waals surface area contributed by atoms with Crippen LogP contribution in [0.25, 0.3) is 11.3 Å². The summed E-state index contributed by atoms with van der Waals surface area (Å²) in [7, 11) is 0. The van der Waals surface area contributed by atoms with Gasteiger partial charge in [-0.05, 0) is 17.9 Å². The SMILES string of the molecule is CC(=O)NCc1ccc(-c2csc(NC(=O)C3CC3C)n2)cc1. The highest BCUT2D eigenvalue weighted by Gasteiger charge is 2.39. The number of anilines is 1. The van der Waals surface area contributed by atoms with Crippen molar-refractivity contribution in [2.24, 2.45) is 11.8 Å². The molecule has 2 aromatic rings. The van der Waals surface area contributed by atoms with Crippen molar-refractivity contribution < 1.29 is 9.59 Å². The van der Waals surface area contributed by atoms with Crippen LogP contribution < -0.4 is 10.6 Å². The Bertz CT molecular complexity index is 724. The second-order valence-electron chi connectivity index (χ2n) is 5.95. The quantitative estimate of drug-likeness (QED) is 0.886. The molecule has 1 aromatic heterocycles. The molecule has 6 heteroatoms. The lowest BCUT2D eigenvalue weighted by Crippen LogP contribution is -2.18. The average Bonchev–Trinajstić information content (AvgIpc) is 3.08. The predicted octanol–water partition coefficient (Wildman–Crippen LogP) is 3.04. The highest BCUT2D eigenvalue weighted by molar-refractivity contribution is 7.14. The van der Waals surface area contributed by atoms with Crippen molar-refractivity contribution in [3.8, 4) is 11.3 Å². The smallest absolute Gasteiger partial charge is 0.229 e. The maximum absolute atomic E-state index is 11.9. The maximum atomic E-state index is 11.9. The van der Waals surface area contributed by atoms with Gasteiger partial charge in [0, 0.05) is 30.3 Å². The van der Waals surface area contributed by atoms with Gasteiger partial charge in [0.1, 0.15) is 0 Å². The normalized spacial score (nSPS) is 19.2. The van der Waals surface area contributed by atoms with E-state index in [-0.39, 0.29) is 17.7 Å². The van der Waals surface area contributed by atoms with Gasteiger partial charge in [0.2, 0.25) is 11.8 Å².